The monoisotopic (exact) mass is 491 g/mol. The molecule has 4 aromatic rings. The lowest BCUT2D eigenvalue weighted by molar-refractivity contribution is 0.0978. The summed E-state index contributed by atoms with van der Waals surface area (Å²) in [7, 11) is -2.39. The first-order chi connectivity index (χ1) is 15.6. The number of nitrogens with one attached hydrogen (secondary N) is 1. The van der Waals surface area contributed by atoms with Crippen LogP contribution in [-0.2, 0) is 10.0 Å². The Bertz CT molecular complexity index is 1520. The Morgan fingerprint density at radius 3 is 2.58 bits per heavy atom. The molecule has 0 aliphatic carbocycles. The van der Waals surface area contributed by atoms with Crippen LogP contribution in [0.5, 0.6) is 5.75 Å². The molecule has 0 saturated carbocycles. The van der Waals surface area contributed by atoms with E-state index in [1.807, 2.05) is 0 Å². The number of fused-ring (bicyclic) bond motifs is 1. The second kappa shape index (κ2) is 8.45. The molecule has 0 fully saturated rings. The molecule has 0 aliphatic heterocycles. The van der Waals surface area contributed by atoms with Gasteiger partial charge in [0.05, 0.1) is 35.2 Å². The molecule has 0 radical (unpaired) electrons. The predicted molar refractivity (Wildman–Crippen MR) is 120 cm³/mol. The number of carbonyl (C=O) groups excluding carboxylic acids is 1. The number of nitrogens with zero attached hydrogens (tertiary/aromatic N) is 2. The molecule has 11 heteroatoms. The van der Waals surface area contributed by atoms with Crippen molar-refractivity contribution in [1.29, 1.82) is 0 Å². The van der Waals surface area contributed by atoms with E-state index in [9.17, 15) is 22.0 Å². The molecule has 0 unspecified atom stereocenters. The first kappa shape index (κ1) is 22.7. The van der Waals surface area contributed by atoms with E-state index in [4.69, 9.17) is 16.3 Å². The van der Waals surface area contributed by atoms with Gasteiger partial charge in [-0.15, -0.1) is 0 Å². The van der Waals surface area contributed by atoms with Crippen LogP contribution in [-0.4, -0.2) is 37.5 Å². The second-order valence-electron chi connectivity index (χ2n) is 7.14. The van der Waals surface area contributed by atoms with Gasteiger partial charge in [0.1, 0.15) is 23.1 Å². The molecule has 1 heterocycles. The lowest BCUT2D eigenvalue weighted by Crippen LogP contribution is -2.30. The number of halogens is 3. The zero-order chi connectivity index (χ0) is 23.9. The van der Waals surface area contributed by atoms with Gasteiger partial charge in [-0.3, -0.25) is 4.79 Å². The third-order valence-electron chi connectivity index (χ3n) is 4.77. The minimum absolute atomic E-state index is 0.0685. The van der Waals surface area contributed by atoms with Crippen LogP contribution >= 0.6 is 11.6 Å². The molecule has 1 aromatic heterocycles. The van der Waals surface area contributed by atoms with E-state index < -0.39 is 33.1 Å². The Kier molecular flexibility index (Phi) is 5.81. The van der Waals surface area contributed by atoms with E-state index in [1.54, 1.807) is 29.0 Å². The van der Waals surface area contributed by atoms with Crippen LogP contribution in [0.15, 0.2) is 54.6 Å². The van der Waals surface area contributed by atoms with Gasteiger partial charge in [-0.2, -0.15) is 5.10 Å². The topological polar surface area (TPSA) is 90.3 Å². The molecule has 170 valence electrons. The Morgan fingerprint density at radius 1 is 1.12 bits per heavy atom. The average molecular weight is 492 g/mol. The van der Waals surface area contributed by atoms with Crippen molar-refractivity contribution in [1.82, 2.24) is 14.5 Å². The molecule has 33 heavy (non-hydrogen) atoms. The van der Waals surface area contributed by atoms with Crippen LogP contribution in [0, 0.1) is 11.6 Å². The fraction of sp³-hybridized carbons (Fsp3) is 0.0909. The molecule has 1 N–H and O–H groups in total. The summed E-state index contributed by atoms with van der Waals surface area (Å²) >= 11 is 6.33. The van der Waals surface area contributed by atoms with Gasteiger partial charge in [-0.1, -0.05) is 23.7 Å². The summed E-state index contributed by atoms with van der Waals surface area (Å²) in [6, 6.07) is 13.0. The summed E-state index contributed by atoms with van der Waals surface area (Å²) in [5.74, 6) is -2.09. The highest BCUT2D eigenvalue weighted by molar-refractivity contribution is 7.89. The number of benzene rings is 3. The zero-order valence-electron chi connectivity index (χ0n) is 17.3. The largest absolute Gasteiger partial charge is 0.497 e. The Morgan fingerprint density at radius 2 is 1.88 bits per heavy atom. The summed E-state index contributed by atoms with van der Waals surface area (Å²) in [4.78, 5) is 12.1. The number of methoxy groups -OCH3 is 1. The number of sulfonamides is 1. The van der Waals surface area contributed by atoms with Gasteiger partial charge in [0.15, 0.2) is 0 Å². The average Bonchev–Trinajstić information content (AvgIpc) is 3.12. The minimum Gasteiger partial charge on any atom is -0.497 e. The lowest BCUT2D eigenvalue weighted by atomic mass is 10.1. The molecule has 0 spiro atoms. The van der Waals surface area contributed by atoms with E-state index in [0.717, 1.165) is 18.4 Å². The van der Waals surface area contributed by atoms with Crippen LogP contribution in [0.4, 0.5) is 8.78 Å². The molecule has 4 rings (SSSR count). The Labute approximate surface area is 192 Å². The van der Waals surface area contributed by atoms with Crippen molar-refractivity contribution >= 4 is 38.4 Å². The van der Waals surface area contributed by atoms with Crippen LogP contribution in [0.1, 0.15) is 10.4 Å². The van der Waals surface area contributed by atoms with Crippen molar-refractivity contribution < 1.29 is 26.7 Å². The third-order valence-corrected chi connectivity index (χ3v) is 5.63. The molecular formula is C22H16ClF2N3O4S. The fourth-order valence-corrected chi connectivity index (χ4v) is 4.04. The van der Waals surface area contributed by atoms with Gasteiger partial charge in [-0.25, -0.2) is 26.6 Å². The molecule has 0 bridgehead atoms. The van der Waals surface area contributed by atoms with Gasteiger partial charge in [0.25, 0.3) is 5.91 Å². The van der Waals surface area contributed by atoms with E-state index in [-0.39, 0.29) is 10.7 Å². The van der Waals surface area contributed by atoms with Gasteiger partial charge >= 0.3 is 0 Å². The molecule has 1 amide bonds. The summed E-state index contributed by atoms with van der Waals surface area (Å²) in [5.41, 5.74) is 0.993. The van der Waals surface area contributed by atoms with E-state index in [1.165, 1.54) is 30.0 Å². The maximum Gasteiger partial charge on any atom is 0.267 e. The van der Waals surface area contributed by atoms with Crippen molar-refractivity contribution in [2.75, 3.05) is 13.4 Å². The van der Waals surface area contributed by atoms with Gasteiger partial charge in [0, 0.05) is 17.0 Å². The highest BCUT2D eigenvalue weighted by Gasteiger charge is 2.21. The smallest absolute Gasteiger partial charge is 0.267 e. The van der Waals surface area contributed by atoms with Crippen LogP contribution in [0.3, 0.4) is 0 Å². The maximum absolute atomic E-state index is 14.8. The highest BCUT2D eigenvalue weighted by atomic mass is 35.5. The van der Waals surface area contributed by atoms with Crippen molar-refractivity contribution in [2.45, 2.75) is 0 Å². The lowest BCUT2D eigenvalue weighted by Gasteiger charge is -2.10. The molecule has 0 atom stereocenters. The maximum atomic E-state index is 14.8. The van der Waals surface area contributed by atoms with Crippen LogP contribution in [0.25, 0.3) is 27.8 Å². The fourth-order valence-electron chi connectivity index (χ4n) is 3.35. The van der Waals surface area contributed by atoms with E-state index >= 15 is 0 Å². The SMILES string of the molecule is COc1cccc(-c2nn(-c3cc(F)c(C(=O)NS(C)(=O)=O)cc3Cl)c3ccc(F)cc23)c1. The number of ether oxygens (including phenoxy) is 1. The van der Waals surface area contributed by atoms with Gasteiger partial charge in [-0.05, 0) is 36.4 Å². The highest BCUT2D eigenvalue weighted by Crippen LogP contribution is 2.34. The normalized spacial score (nSPS) is 11.5. The summed E-state index contributed by atoms with van der Waals surface area (Å²) < 4.78 is 59.8. The first-order valence-electron chi connectivity index (χ1n) is 9.41. The summed E-state index contributed by atoms with van der Waals surface area (Å²) in [5, 5.41) is 4.90. The number of rotatable bonds is 5. The van der Waals surface area contributed by atoms with Crippen LogP contribution < -0.4 is 9.46 Å². The predicted octanol–water partition coefficient (Wildman–Crippen LogP) is 4.32. The number of hydrogen-bond donors (Lipinski definition) is 1. The Balaban J connectivity index is 1.90. The molecule has 3 aromatic carbocycles. The number of amides is 1. The van der Waals surface area contributed by atoms with Crippen molar-refractivity contribution in [3.05, 3.63) is 76.8 Å². The van der Waals surface area contributed by atoms with Crippen molar-refractivity contribution in [3.8, 4) is 22.7 Å². The summed E-state index contributed by atoms with van der Waals surface area (Å²) in [6.07, 6.45) is 0.772. The van der Waals surface area contributed by atoms with Crippen molar-refractivity contribution in [3.63, 3.8) is 0 Å². The van der Waals surface area contributed by atoms with E-state index in [0.29, 0.717) is 27.9 Å². The quantitative estimate of drug-likeness (QED) is 0.449. The second-order valence-corrected chi connectivity index (χ2v) is 9.30. The molecular weight excluding hydrogens is 476 g/mol. The number of carbonyl (C=O) groups is 1. The van der Waals surface area contributed by atoms with E-state index in [2.05, 4.69) is 5.10 Å². The van der Waals surface area contributed by atoms with Crippen LogP contribution in [0.2, 0.25) is 5.02 Å². The molecule has 0 saturated heterocycles. The molecule has 7 nitrogen and oxygen atoms in total. The minimum atomic E-state index is -3.90. The Hall–Kier alpha value is -3.50. The number of hydrogen-bond acceptors (Lipinski definition) is 5. The molecule has 0 aliphatic rings. The van der Waals surface area contributed by atoms with Crippen molar-refractivity contribution in [2.24, 2.45) is 0 Å². The van der Waals surface area contributed by atoms with Gasteiger partial charge < -0.3 is 4.74 Å². The third kappa shape index (κ3) is 4.53. The van der Waals surface area contributed by atoms with Gasteiger partial charge in [0.2, 0.25) is 10.0 Å². The number of aromatic nitrogens is 2. The standard InChI is InChI=1S/C22H16ClF2N3O4S/c1-32-14-5-3-4-12(8-14)21-16-9-13(24)6-7-19(16)28(26-21)20-11-18(25)15(10-17(20)23)22(29)27-33(2,30)31/h3-11H,1-2H3,(H,27,29). The first-order valence-corrected chi connectivity index (χ1v) is 11.7. The zero-order valence-corrected chi connectivity index (χ0v) is 18.8. The summed E-state index contributed by atoms with van der Waals surface area (Å²) in [6.45, 7) is 0.